The summed E-state index contributed by atoms with van der Waals surface area (Å²) >= 11 is 0. The summed E-state index contributed by atoms with van der Waals surface area (Å²) in [4.78, 5) is 26.3. The molecule has 1 N–H and O–H groups in total. The monoisotopic (exact) mass is 316 g/mol. The zero-order chi connectivity index (χ0) is 16.2. The highest BCUT2D eigenvalue weighted by molar-refractivity contribution is 5.90. The van der Waals surface area contributed by atoms with E-state index >= 15 is 0 Å². The first-order chi connectivity index (χ1) is 11.1. The van der Waals surface area contributed by atoms with Gasteiger partial charge in [0.2, 0.25) is 11.8 Å². The third-order valence-electron chi connectivity index (χ3n) is 4.69. The maximum atomic E-state index is 12.5. The van der Waals surface area contributed by atoms with Crippen LogP contribution in [0.5, 0.6) is 0 Å². The van der Waals surface area contributed by atoms with Gasteiger partial charge in [0.25, 0.3) is 0 Å². The predicted molar refractivity (Wildman–Crippen MR) is 86.7 cm³/mol. The van der Waals surface area contributed by atoms with E-state index in [0.717, 1.165) is 25.2 Å². The van der Waals surface area contributed by atoms with Crippen molar-refractivity contribution in [3.05, 3.63) is 35.4 Å². The Morgan fingerprint density at radius 2 is 2.09 bits per heavy atom. The van der Waals surface area contributed by atoms with Gasteiger partial charge in [0.15, 0.2) is 0 Å². The van der Waals surface area contributed by atoms with E-state index in [1.165, 1.54) is 5.56 Å². The molecule has 2 amide bonds. The standard InChI is InChI=1S/C18H24N2O3/c1-13-2-4-14(5-3-13)11-20-16(6-7-17(20)21)18(22)19-10-15-8-9-23-12-15/h2-5,15-16H,6-12H2,1H3,(H,19,22). The highest BCUT2D eigenvalue weighted by Crippen LogP contribution is 2.22. The Kier molecular flexibility index (Phi) is 4.96. The summed E-state index contributed by atoms with van der Waals surface area (Å²) in [5.41, 5.74) is 2.25. The lowest BCUT2D eigenvalue weighted by atomic mass is 10.1. The zero-order valence-electron chi connectivity index (χ0n) is 13.6. The van der Waals surface area contributed by atoms with E-state index in [9.17, 15) is 9.59 Å². The maximum Gasteiger partial charge on any atom is 0.242 e. The normalized spacial score (nSPS) is 24.2. The second kappa shape index (κ2) is 7.13. The van der Waals surface area contributed by atoms with Gasteiger partial charge < -0.3 is 15.0 Å². The van der Waals surface area contributed by atoms with Crippen LogP contribution in [-0.2, 0) is 20.9 Å². The van der Waals surface area contributed by atoms with Crippen molar-refractivity contribution in [3.63, 3.8) is 0 Å². The average molecular weight is 316 g/mol. The highest BCUT2D eigenvalue weighted by Gasteiger charge is 2.36. The molecule has 5 nitrogen and oxygen atoms in total. The summed E-state index contributed by atoms with van der Waals surface area (Å²) in [5, 5.41) is 3.00. The lowest BCUT2D eigenvalue weighted by Crippen LogP contribution is -2.45. The van der Waals surface area contributed by atoms with E-state index < -0.39 is 0 Å². The molecule has 124 valence electrons. The molecule has 0 aliphatic carbocycles. The largest absolute Gasteiger partial charge is 0.381 e. The highest BCUT2D eigenvalue weighted by atomic mass is 16.5. The van der Waals surface area contributed by atoms with Crippen molar-refractivity contribution in [1.82, 2.24) is 10.2 Å². The number of likely N-dealkylation sites (tertiary alicyclic amines) is 1. The molecule has 0 spiro atoms. The van der Waals surface area contributed by atoms with Gasteiger partial charge in [0, 0.05) is 32.0 Å². The number of hydrogen-bond acceptors (Lipinski definition) is 3. The van der Waals surface area contributed by atoms with Crippen LogP contribution in [0.25, 0.3) is 0 Å². The molecule has 1 aromatic rings. The van der Waals surface area contributed by atoms with Crippen LogP contribution < -0.4 is 5.32 Å². The van der Waals surface area contributed by atoms with Crippen molar-refractivity contribution in [2.45, 2.75) is 38.8 Å². The first-order valence-electron chi connectivity index (χ1n) is 8.34. The Labute approximate surface area is 137 Å². The number of carbonyl (C=O) groups excluding carboxylic acids is 2. The van der Waals surface area contributed by atoms with Gasteiger partial charge in [0.1, 0.15) is 6.04 Å². The topological polar surface area (TPSA) is 58.6 Å². The van der Waals surface area contributed by atoms with Crippen LogP contribution >= 0.6 is 0 Å². The minimum atomic E-state index is -0.342. The summed E-state index contributed by atoms with van der Waals surface area (Å²) in [6.45, 7) is 4.68. The third-order valence-corrected chi connectivity index (χ3v) is 4.69. The molecule has 2 aliphatic rings. The van der Waals surface area contributed by atoms with Gasteiger partial charge in [-0.1, -0.05) is 29.8 Å². The van der Waals surface area contributed by atoms with E-state index in [1.54, 1.807) is 4.90 Å². The fraction of sp³-hybridized carbons (Fsp3) is 0.556. The summed E-state index contributed by atoms with van der Waals surface area (Å²) < 4.78 is 5.33. The number of nitrogens with zero attached hydrogens (tertiary/aromatic N) is 1. The second-order valence-corrected chi connectivity index (χ2v) is 6.54. The van der Waals surface area contributed by atoms with Gasteiger partial charge in [-0.15, -0.1) is 0 Å². The van der Waals surface area contributed by atoms with Gasteiger partial charge in [0.05, 0.1) is 6.61 Å². The van der Waals surface area contributed by atoms with Gasteiger partial charge in [-0.2, -0.15) is 0 Å². The first kappa shape index (κ1) is 16.0. The first-order valence-corrected chi connectivity index (χ1v) is 8.34. The van der Waals surface area contributed by atoms with Crippen LogP contribution in [0.2, 0.25) is 0 Å². The molecule has 1 aromatic carbocycles. The van der Waals surface area contributed by atoms with Crippen molar-refractivity contribution in [2.75, 3.05) is 19.8 Å². The van der Waals surface area contributed by atoms with E-state index in [0.29, 0.717) is 31.8 Å². The quantitative estimate of drug-likeness (QED) is 0.898. The van der Waals surface area contributed by atoms with Crippen LogP contribution in [0.1, 0.15) is 30.4 Å². The summed E-state index contributed by atoms with van der Waals surface area (Å²) in [5.74, 6) is 0.436. The van der Waals surface area contributed by atoms with Crippen molar-refractivity contribution < 1.29 is 14.3 Å². The van der Waals surface area contributed by atoms with E-state index in [1.807, 2.05) is 31.2 Å². The molecule has 23 heavy (non-hydrogen) atoms. The number of carbonyl (C=O) groups is 2. The van der Waals surface area contributed by atoms with Crippen LogP contribution in [0.3, 0.4) is 0 Å². The number of aryl methyl sites for hydroxylation is 1. The summed E-state index contributed by atoms with van der Waals surface area (Å²) in [6.07, 6.45) is 2.06. The number of hydrogen-bond donors (Lipinski definition) is 1. The molecule has 2 atom stereocenters. The molecule has 2 heterocycles. The lowest BCUT2D eigenvalue weighted by Gasteiger charge is -2.24. The van der Waals surface area contributed by atoms with Gasteiger partial charge >= 0.3 is 0 Å². The minimum absolute atomic E-state index is 0.0325. The van der Waals surface area contributed by atoms with Crippen molar-refractivity contribution >= 4 is 11.8 Å². The predicted octanol–water partition coefficient (Wildman–Crippen LogP) is 1.64. The van der Waals surface area contributed by atoms with Crippen molar-refractivity contribution in [3.8, 4) is 0 Å². The number of rotatable bonds is 5. The maximum absolute atomic E-state index is 12.5. The Morgan fingerprint density at radius 3 is 2.78 bits per heavy atom. The van der Waals surface area contributed by atoms with Crippen LogP contribution in [0.4, 0.5) is 0 Å². The second-order valence-electron chi connectivity index (χ2n) is 6.54. The smallest absolute Gasteiger partial charge is 0.242 e. The molecule has 5 heteroatoms. The Balaban J connectivity index is 1.59. The molecule has 0 radical (unpaired) electrons. The van der Waals surface area contributed by atoms with Crippen molar-refractivity contribution in [1.29, 1.82) is 0 Å². The van der Waals surface area contributed by atoms with E-state index in [2.05, 4.69) is 5.32 Å². The summed E-state index contributed by atoms with van der Waals surface area (Å²) in [7, 11) is 0. The molecule has 0 aromatic heterocycles. The fourth-order valence-electron chi connectivity index (χ4n) is 3.20. The molecule has 2 aliphatic heterocycles. The Hall–Kier alpha value is -1.88. The van der Waals surface area contributed by atoms with E-state index in [-0.39, 0.29) is 17.9 Å². The van der Waals surface area contributed by atoms with Gasteiger partial charge in [-0.25, -0.2) is 0 Å². The van der Waals surface area contributed by atoms with E-state index in [4.69, 9.17) is 4.74 Å². The van der Waals surface area contributed by atoms with Crippen molar-refractivity contribution in [2.24, 2.45) is 5.92 Å². The Bertz CT molecular complexity index is 564. The molecule has 2 unspecified atom stereocenters. The number of benzene rings is 1. The fourth-order valence-corrected chi connectivity index (χ4v) is 3.20. The molecule has 2 saturated heterocycles. The third kappa shape index (κ3) is 3.91. The Morgan fingerprint density at radius 1 is 1.30 bits per heavy atom. The van der Waals surface area contributed by atoms with Crippen LogP contribution in [0.15, 0.2) is 24.3 Å². The average Bonchev–Trinajstić information content (AvgIpc) is 3.18. The number of amides is 2. The SMILES string of the molecule is Cc1ccc(CN2C(=O)CCC2C(=O)NCC2CCOC2)cc1. The minimum Gasteiger partial charge on any atom is -0.381 e. The molecule has 0 saturated carbocycles. The molecular formula is C18H24N2O3. The summed E-state index contributed by atoms with van der Waals surface area (Å²) in [6, 6.07) is 7.76. The molecule has 3 rings (SSSR count). The molecule has 2 fully saturated rings. The van der Waals surface area contributed by atoms with Crippen LogP contribution in [0, 0.1) is 12.8 Å². The lowest BCUT2D eigenvalue weighted by molar-refractivity contribution is -0.135. The van der Waals surface area contributed by atoms with Gasteiger partial charge in [-0.3, -0.25) is 9.59 Å². The molecule has 0 bridgehead atoms. The van der Waals surface area contributed by atoms with Crippen LogP contribution in [-0.4, -0.2) is 42.5 Å². The zero-order valence-corrected chi connectivity index (χ0v) is 13.6. The van der Waals surface area contributed by atoms with Gasteiger partial charge in [-0.05, 0) is 25.3 Å². The number of ether oxygens (including phenoxy) is 1. The molecular weight excluding hydrogens is 292 g/mol. The number of nitrogens with one attached hydrogen (secondary N) is 1.